The van der Waals surface area contributed by atoms with E-state index >= 15 is 0 Å². The van der Waals surface area contributed by atoms with Gasteiger partial charge in [0.05, 0.1) is 0 Å². The van der Waals surface area contributed by atoms with E-state index in [2.05, 4.69) is 42.5 Å². The molecule has 3 rings (SSSR count). The van der Waals surface area contributed by atoms with Crippen molar-refractivity contribution in [2.24, 2.45) is 0 Å². The maximum Gasteiger partial charge on any atom is 0.0385 e. The van der Waals surface area contributed by atoms with Gasteiger partial charge in [-0.3, -0.25) is 0 Å². The van der Waals surface area contributed by atoms with Crippen molar-refractivity contribution in [2.45, 2.75) is 6.42 Å². The minimum absolute atomic E-state index is 1.12. The molecule has 2 aromatic carbocycles. The van der Waals surface area contributed by atoms with Crippen molar-refractivity contribution in [2.75, 3.05) is 0 Å². The van der Waals surface area contributed by atoms with Crippen LogP contribution in [0.1, 0.15) is 11.1 Å². The van der Waals surface area contributed by atoms with Crippen molar-refractivity contribution in [3.8, 4) is 11.1 Å². The first-order valence-corrected chi connectivity index (χ1v) is 6.02. The third kappa shape index (κ3) is 1.06. The Morgan fingerprint density at radius 2 is 1.64 bits per heavy atom. The second-order valence-corrected chi connectivity index (χ2v) is 5.15. The second kappa shape index (κ2) is 2.82. The summed E-state index contributed by atoms with van der Waals surface area (Å²) in [7, 11) is 1.14. The summed E-state index contributed by atoms with van der Waals surface area (Å²) in [6.45, 7) is 0. The summed E-state index contributed by atoms with van der Waals surface area (Å²) in [5.74, 6) is 0. The summed E-state index contributed by atoms with van der Waals surface area (Å²) in [5, 5.41) is 1.49. The van der Waals surface area contributed by atoms with Gasteiger partial charge >= 0.3 is 0 Å². The number of hydrogen-bond donors (Lipinski definition) is 0. The predicted molar refractivity (Wildman–Crippen MR) is 64.3 cm³/mol. The van der Waals surface area contributed by atoms with Gasteiger partial charge in [-0.1, -0.05) is 47.7 Å². The largest absolute Gasteiger partial charge is 0.0701 e. The van der Waals surface area contributed by atoms with Crippen LogP contribution < -0.4 is 5.19 Å². The Morgan fingerprint density at radius 1 is 0.857 bits per heavy atom. The first-order valence-electron chi connectivity index (χ1n) is 5.02. The Morgan fingerprint density at radius 3 is 2.57 bits per heavy atom. The van der Waals surface area contributed by atoms with Crippen LogP contribution in [0.15, 0.2) is 42.5 Å². The maximum absolute atomic E-state index is 2.35. The topological polar surface area (TPSA) is 0 Å². The maximum atomic E-state index is 2.35. The Hall–Kier alpha value is -1.34. The van der Waals surface area contributed by atoms with Gasteiger partial charge in [0.1, 0.15) is 0 Å². The monoisotopic (exact) mass is 196 g/mol. The Balaban J connectivity index is 2.30. The van der Waals surface area contributed by atoms with E-state index in [-0.39, 0.29) is 0 Å². The van der Waals surface area contributed by atoms with E-state index in [4.69, 9.17) is 0 Å². The zero-order valence-corrected chi connectivity index (χ0v) is 10.2. The number of fused-ring (bicyclic) bond motifs is 3. The summed E-state index contributed by atoms with van der Waals surface area (Å²) in [6, 6.07) is 15.6. The normalized spacial score (nSPS) is 12.6. The van der Waals surface area contributed by atoms with Crippen LogP contribution in [0.4, 0.5) is 0 Å². The molecule has 2 aromatic rings. The molecule has 0 bridgehead atoms. The minimum atomic E-state index is 1.12. The van der Waals surface area contributed by atoms with E-state index in [1.54, 1.807) is 0 Å². The fourth-order valence-corrected chi connectivity index (χ4v) is 2.69. The summed E-state index contributed by atoms with van der Waals surface area (Å²) in [6.07, 6.45) is 1.12. The summed E-state index contributed by atoms with van der Waals surface area (Å²) < 4.78 is 0. The molecule has 0 aromatic heterocycles. The van der Waals surface area contributed by atoms with Crippen LogP contribution in [0.2, 0.25) is 0 Å². The van der Waals surface area contributed by atoms with E-state index in [1.165, 1.54) is 27.4 Å². The van der Waals surface area contributed by atoms with Crippen LogP contribution in [0.5, 0.6) is 0 Å². The molecule has 0 atom stereocenters. The van der Waals surface area contributed by atoms with E-state index < -0.39 is 0 Å². The number of benzene rings is 2. The van der Waals surface area contributed by atoms with Crippen molar-refractivity contribution in [1.82, 2.24) is 0 Å². The van der Waals surface area contributed by atoms with Crippen LogP contribution in [0.25, 0.3) is 11.1 Å². The van der Waals surface area contributed by atoms with Crippen LogP contribution in [0, 0.1) is 0 Å². The van der Waals surface area contributed by atoms with Crippen molar-refractivity contribution in [3.63, 3.8) is 0 Å². The molecule has 1 aliphatic carbocycles. The molecule has 14 heavy (non-hydrogen) atoms. The van der Waals surface area contributed by atoms with Crippen molar-refractivity contribution >= 4 is 15.4 Å². The van der Waals surface area contributed by atoms with Crippen LogP contribution >= 0.6 is 0 Å². The van der Waals surface area contributed by atoms with E-state index in [0.29, 0.717) is 0 Å². The van der Waals surface area contributed by atoms with Gasteiger partial charge < -0.3 is 0 Å². The minimum Gasteiger partial charge on any atom is -0.0701 e. The molecule has 0 unspecified atom stereocenters. The molecule has 68 valence electrons. The average Bonchev–Trinajstić information content (AvgIpc) is 2.56. The molecule has 1 aliphatic rings. The molecule has 0 saturated heterocycles. The van der Waals surface area contributed by atoms with Gasteiger partial charge in [0.15, 0.2) is 0 Å². The predicted octanol–water partition coefficient (Wildman–Crippen LogP) is 1.25. The standard InChI is InChI=1S/C13H12Si/c14-11-6-5-10-7-9-3-1-2-4-12(9)13(10)8-11/h1-6,8H,7H2,14H3. The Kier molecular flexibility index (Phi) is 1.61. The van der Waals surface area contributed by atoms with Gasteiger partial charge in [0.2, 0.25) is 0 Å². The highest BCUT2D eigenvalue weighted by atomic mass is 28.1. The zero-order valence-electron chi connectivity index (χ0n) is 8.25. The number of rotatable bonds is 0. The number of hydrogen-bond acceptors (Lipinski definition) is 0. The summed E-state index contributed by atoms with van der Waals surface area (Å²) in [4.78, 5) is 0. The van der Waals surface area contributed by atoms with Gasteiger partial charge in [-0.2, -0.15) is 0 Å². The third-order valence-electron chi connectivity index (χ3n) is 2.95. The third-order valence-corrected chi connectivity index (χ3v) is 3.58. The van der Waals surface area contributed by atoms with Crippen molar-refractivity contribution < 1.29 is 0 Å². The lowest BCUT2D eigenvalue weighted by molar-refractivity contribution is 1.26. The fraction of sp³-hybridized carbons (Fsp3) is 0.0769. The van der Waals surface area contributed by atoms with Gasteiger partial charge in [-0.25, -0.2) is 0 Å². The van der Waals surface area contributed by atoms with Crippen molar-refractivity contribution in [1.29, 1.82) is 0 Å². The van der Waals surface area contributed by atoms with E-state index in [9.17, 15) is 0 Å². The Bertz CT molecular complexity index is 500. The van der Waals surface area contributed by atoms with Gasteiger partial charge in [0, 0.05) is 10.2 Å². The molecule has 1 heteroatoms. The van der Waals surface area contributed by atoms with E-state index in [1.807, 2.05) is 0 Å². The van der Waals surface area contributed by atoms with Crippen LogP contribution in [0.3, 0.4) is 0 Å². The highest BCUT2D eigenvalue weighted by molar-refractivity contribution is 6.32. The zero-order chi connectivity index (χ0) is 9.54. The molecule has 0 nitrogen and oxygen atoms in total. The van der Waals surface area contributed by atoms with Crippen molar-refractivity contribution in [3.05, 3.63) is 53.6 Å². The lowest BCUT2D eigenvalue weighted by Crippen LogP contribution is -2.01. The quantitative estimate of drug-likeness (QED) is 0.475. The van der Waals surface area contributed by atoms with Crippen LogP contribution in [-0.4, -0.2) is 10.2 Å². The molecular formula is C13H12Si. The molecule has 0 aliphatic heterocycles. The van der Waals surface area contributed by atoms with E-state index in [0.717, 1.165) is 16.7 Å². The van der Waals surface area contributed by atoms with Crippen LogP contribution in [-0.2, 0) is 6.42 Å². The second-order valence-electron chi connectivity index (χ2n) is 3.99. The molecule has 0 fully saturated rings. The Labute approximate surface area is 87.0 Å². The highest BCUT2D eigenvalue weighted by Crippen LogP contribution is 2.35. The highest BCUT2D eigenvalue weighted by Gasteiger charge is 2.16. The molecular weight excluding hydrogens is 184 g/mol. The summed E-state index contributed by atoms with van der Waals surface area (Å²) in [5.41, 5.74) is 5.88. The molecule has 0 radical (unpaired) electrons. The molecule has 0 N–H and O–H groups in total. The summed E-state index contributed by atoms with van der Waals surface area (Å²) >= 11 is 0. The molecule has 0 heterocycles. The van der Waals surface area contributed by atoms with Gasteiger partial charge in [0.25, 0.3) is 0 Å². The molecule has 0 amide bonds. The molecule has 0 spiro atoms. The first-order chi connectivity index (χ1) is 6.84. The fourth-order valence-electron chi connectivity index (χ4n) is 2.24. The smallest absolute Gasteiger partial charge is 0.0385 e. The van der Waals surface area contributed by atoms with Gasteiger partial charge in [-0.15, -0.1) is 0 Å². The average molecular weight is 196 g/mol. The lowest BCUT2D eigenvalue weighted by atomic mass is 10.1. The lowest BCUT2D eigenvalue weighted by Gasteiger charge is -2.01. The SMILES string of the molecule is [SiH3]c1ccc2c(c1)-c1ccccc1C2. The first kappa shape index (κ1) is 8.01. The van der Waals surface area contributed by atoms with Gasteiger partial charge in [-0.05, 0) is 28.7 Å². The molecule has 0 saturated carbocycles.